The molecule has 0 fully saturated rings. The predicted molar refractivity (Wildman–Crippen MR) is 109 cm³/mol. The van der Waals surface area contributed by atoms with Crippen molar-refractivity contribution in [2.45, 2.75) is 32.4 Å². The fraction of sp³-hybridized carbons (Fsp3) is 0.250. The van der Waals surface area contributed by atoms with Crippen molar-refractivity contribution in [3.63, 3.8) is 0 Å². The molecule has 0 bridgehead atoms. The molecule has 30 heavy (non-hydrogen) atoms. The molecule has 0 radical (unpaired) electrons. The summed E-state index contributed by atoms with van der Waals surface area (Å²) >= 11 is 0. The SMILES string of the molecule is CC(C)OC(=O)CC(NC(=O)c1ccc(NC(N)=O)cc1)c1ccccc1[N+](=O)[O-]. The Kier molecular flexibility index (Phi) is 7.45. The first-order chi connectivity index (χ1) is 14.2. The Morgan fingerprint density at radius 1 is 1.10 bits per heavy atom. The van der Waals surface area contributed by atoms with Gasteiger partial charge >= 0.3 is 12.0 Å². The molecule has 2 aromatic carbocycles. The molecule has 158 valence electrons. The molecule has 0 aromatic heterocycles. The number of nitro groups is 1. The number of nitro benzene ring substituents is 1. The summed E-state index contributed by atoms with van der Waals surface area (Å²) in [6.07, 6.45) is -0.652. The Bertz CT molecular complexity index is 943. The number of rotatable bonds is 8. The van der Waals surface area contributed by atoms with E-state index >= 15 is 0 Å². The van der Waals surface area contributed by atoms with Gasteiger partial charge in [0.25, 0.3) is 11.6 Å². The van der Waals surface area contributed by atoms with E-state index in [4.69, 9.17) is 10.5 Å². The average Bonchev–Trinajstić information content (AvgIpc) is 2.66. The maximum Gasteiger partial charge on any atom is 0.316 e. The highest BCUT2D eigenvalue weighted by Gasteiger charge is 2.27. The minimum absolute atomic E-state index is 0.184. The molecular weight excluding hydrogens is 392 g/mol. The Hall–Kier alpha value is -3.95. The second-order valence-electron chi connectivity index (χ2n) is 6.65. The van der Waals surface area contributed by atoms with E-state index in [1.165, 1.54) is 42.5 Å². The molecule has 4 N–H and O–H groups in total. The normalized spacial score (nSPS) is 11.4. The third-order valence-electron chi connectivity index (χ3n) is 3.97. The first kappa shape index (κ1) is 22.3. The molecule has 0 spiro atoms. The number of urea groups is 1. The largest absolute Gasteiger partial charge is 0.463 e. The van der Waals surface area contributed by atoms with Gasteiger partial charge in [-0.3, -0.25) is 19.7 Å². The zero-order valence-corrected chi connectivity index (χ0v) is 16.5. The predicted octanol–water partition coefficient (Wildman–Crippen LogP) is 2.90. The van der Waals surface area contributed by atoms with Gasteiger partial charge in [0, 0.05) is 17.3 Å². The van der Waals surface area contributed by atoms with Gasteiger partial charge in [-0.1, -0.05) is 18.2 Å². The zero-order chi connectivity index (χ0) is 22.3. The van der Waals surface area contributed by atoms with E-state index < -0.39 is 28.9 Å². The van der Waals surface area contributed by atoms with Gasteiger partial charge in [0.2, 0.25) is 0 Å². The summed E-state index contributed by atoms with van der Waals surface area (Å²) in [5, 5.41) is 16.4. The topological polar surface area (TPSA) is 154 Å². The first-order valence-electron chi connectivity index (χ1n) is 9.07. The highest BCUT2D eigenvalue weighted by molar-refractivity contribution is 5.96. The lowest BCUT2D eigenvalue weighted by molar-refractivity contribution is -0.385. The van der Waals surface area contributed by atoms with Crippen LogP contribution in [0.3, 0.4) is 0 Å². The van der Waals surface area contributed by atoms with Crippen LogP contribution in [0.4, 0.5) is 16.2 Å². The lowest BCUT2D eigenvalue weighted by Gasteiger charge is -2.19. The molecular formula is C20H22N4O6. The van der Waals surface area contributed by atoms with Gasteiger partial charge in [-0.05, 0) is 38.1 Å². The van der Waals surface area contributed by atoms with Crippen LogP contribution in [0.25, 0.3) is 0 Å². The van der Waals surface area contributed by atoms with Crippen LogP contribution in [0, 0.1) is 10.1 Å². The van der Waals surface area contributed by atoms with Gasteiger partial charge in [0.05, 0.1) is 29.1 Å². The summed E-state index contributed by atoms with van der Waals surface area (Å²) in [6, 6.07) is 9.99. The van der Waals surface area contributed by atoms with Crippen LogP contribution < -0.4 is 16.4 Å². The van der Waals surface area contributed by atoms with Crippen molar-refractivity contribution in [1.29, 1.82) is 0 Å². The fourth-order valence-corrected chi connectivity index (χ4v) is 2.75. The van der Waals surface area contributed by atoms with Gasteiger partial charge < -0.3 is 21.1 Å². The molecule has 10 nitrogen and oxygen atoms in total. The Labute approximate surface area is 172 Å². The molecule has 0 aliphatic carbocycles. The van der Waals surface area contributed by atoms with Crippen LogP contribution in [-0.4, -0.2) is 28.9 Å². The van der Waals surface area contributed by atoms with Gasteiger partial charge in [-0.25, -0.2) is 4.79 Å². The fourth-order valence-electron chi connectivity index (χ4n) is 2.75. The molecule has 1 atom stereocenters. The molecule has 1 unspecified atom stereocenters. The third-order valence-corrected chi connectivity index (χ3v) is 3.97. The van der Waals surface area contributed by atoms with Crippen LogP contribution in [-0.2, 0) is 9.53 Å². The molecule has 0 saturated heterocycles. The van der Waals surface area contributed by atoms with Crippen molar-refractivity contribution >= 4 is 29.3 Å². The minimum Gasteiger partial charge on any atom is -0.463 e. The van der Waals surface area contributed by atoms with Crippen molar-refractivity contribution < 1.29 is 24.0 Å². The summed E-state index contributed by atoms with van der Waals surface area (Å²) in [4.78, 5) is 46.6. The van der Waals surface area contributed by atoms with Gasteiger partial charge in [0.15, 0.2) is 0 Å². The van der Waals surface area contributed by atoms with E-state index in [1.54, 1.807) is 19.9 Å². The summed E-state index contributed by atoms with van der Waals surface area (Å²) in [7, 11) is 0. The number of amides is 3. The lowest BCUT2D eigenvalue weighted by atomic mass is 10.0. The first-order valence-corrected chi connectivity index (χ1v) is 9.07. The molecule has 2 aromatic rings. The number of carbonyl (C=O) groups excluding carboxylic acids is 3. The number of nitrogens with two attached hydrogens (primary N) is 1. The molecule has 0 aliphatic rings. The van der Waals surface area contributed by atoms with Gasteiger partial charge in [-0.15, -0.1) is 0 Å². The summed E-state index contributed by atoms with van der Waals surface area (Å²) in [5.74, 6) is -1.16. The number of primary amides is 1. The number of benzene rings is 2. The molecule has 10 heteroatoms. The van der Waals surface area contributed by atoms with Crippen LogP contribution in [0.1, 0.15) is 42.2 Å². The van der Waals surface area contributed by atoms with Crippen LogP contribution in [0.2, 0.25) is 0 Å². The number of para-hydroxylation sites is 1. The second-order valence-corrected chi connectivity index (χ2v) is 6.65. The highest BCUT2D eigenvalue weighted by Crippen LogP contribution is 2.28. The zero-order valence-electron chi connectivity index (χ0n) is 16.5. The Balaban J connectivity index is 2.28. The Morgan fingerprint density at radius 2 is 1.73 bits per heavy atom. The van der Waals surface area contributed by atoms with Crippen LogP contribution >= 0.6 is 0 Å². The number of esters is 1. The monoisotopic (exact) mass is 414 g/mol. The minimum atomic E-state index is -0.978. The van der Waals surface area contributed by atoms with Crippen molar-refractivity contribution in [2.24, 2.45) is 5.73 Å². The van der Waals surface area contributed by atoms with Crippen molar-refractivity contribution in [2.75, 3.05) is 5.32 Å². The van der Waals surface area contributed by atoms with Crippen molar-refractivity contribution in [1.82, 2.24) is 5.32 Å². The summed E-state index contributed by atoms with van der Waals surface area (Å²) in [5.41, 5.74) is 5.63. The van der Waals surface area contributed by atoms with Gasteiger partial charge in [-0.2, -0.15) is 0 Å². The number of hydrogen-bond donors (Lipinski definition) is 3. The smallest absolute Gasteiger partial charge is 0.316 e. The van der Waals surface area contributed by atoms with E-state index in [2.05, 4.69) is 10.6 Å². The maximum absolute atomic E-state index is 12.7. The van der Waals surface area contributed by atoms with E-state index in [0.717, 1.165) is 0 Å². The standard InChI is InChI=1S/C20H22N4O6/c1-12(2)30-18(25)11-16(15-5-3-4-6-17(15)24(28)29)23-19(26)13-7-9-14(10-8-13)22-20(21)27/h3-10,12,16H,11H2,1-2H3,(H,23,26)(H3,21,22,27). The van der Waals surface area contributed by atoms with E-state index in [1.807, 2.05) is 0 Å². The third kappa shape index (κ3) is 6.30. The summed E-state index contributed by atoms with van der Waals surface area (Å²) in [6.45, 7) is 3.36. The van der Waals surface area contributed by atoms with E-state index in [9.17, 15) is 24.5 Å². The van der Waals surface area contributed by atoms with Crippen molar-refractivity contribution in [3.05, 3.63) is 69.8 Å². The van der Waals surface area contributed by atoms with E-state index in [-0.39, 0.29) is 29.3 Å². The average molecular weight is 414 g/mol. The van der Waals surface area contributed by atoms with Crippen LogP contribution in [0.5, 0.6) is 0 Å². The number of nitrogens with zero attached hydrogens (tertiary/aromatic N) is 1. The quantitative estimate of drug-likeness (QED) is 0.343. The van der Waals surface area contributed by atoms with Crippen LogP contribution in [0.15, 0.2) is 48.5 Å². The number of anilines is 1. The number of carbonyl (C=O) groups is 3. The molecule has 2 rings (SSSR count). The van der Waals surface area contributed by atoms with E-state index in [0.29, 0.717) is 5.69 Å². The Morgan fingerprint density at radius 3 is 2.30 bits per heavy atom. The molecule has 0 heterocycles. The molecule has 3 amide bonds. The number of ether oxygens (including phenoxy) is 1. The van der Waals surface area contributed by atoms with Gasteiger partial charge in [0.1, 0.15) is 0 Å². The molecule has 0 aliphatic heterocycles. The highest BCUT2D eigenvalue weighted by atomic mass is 16.6. The number of nitrogens with one attached hydrogen (secondary N) is 2. The maximum atomic E-state index is 12.7. The second kappa shape index (κ2) is 10.0. The lowest BCUT2D eigenvalue weighted by Crippen LogP contribution is -2.31. The number of hydrogen-bond acceptors (Lipinski definition) is 6. The molecule has 0 saturated carbocycles. The summed E-state index contributed by atoms with van der Waals surface area (Å²) < 4.78 is 5.13. The van der Waals surface area contributed by atoms with Crippen molar-refractivity contribution in [3.8, 4) is 0 Å².